The minimum Gasteiger partial charge on any atom is -0.388 e. The quantitative estimate of drug-likeness (QED) is 0.764. The number of aryl methyl sites for hydroxylation is 1. The average molecular weight is 264 g/mol. The molecule has 2 rings (SSSR count). The van der Waals surface area contributed by atoms with Crippen molar-refractivity contribution in [2.24, 2.45) is 0 Å². The lowest BCUT2D eigenvalue weighted by Crippen LogP contribution is -2.45. The van der Waals surface area contributed by atoms with E-state index in [4.69, 9.17) is 0 Å². The van der Waals surface area contributed by atoms with Crippen LogP contribution in [0.5, 0.6) is 0 Å². The summed E-state index contributed by atoms with van der Waals surface area (Å²) in [7, 11) is 0. The Labute approximate surface area is 112 Å². The van der Waals surface area contributed by atoms with Gasteiger partial charge in [0.2, 0.25) is 0 Å². The lowest BCUT2D eigenvalue weighted by Gasteiger charge is -2.32. The fourth-order valence-electron chi connectivity index (χ4n) is 2.48. The zero-order valence-electron chi connectivity index (χ0n) is 11.2. The summed E-state index contributed by atoms with van der Waals surface area (Å²) in [6.07, 6.45) is 4.51. The molecule has 1 heterocycles. The van der Waals surface area contributed by atoms with E-state index in [9.17, 15) is 14.7 Å². The van der Waals surface area contributed by atoms with Crippen LogP contribution in [0.2, 0.25) is 0 Å². The van der Waals surface area contributed by atoms with Crippen LogP contribution in [-0.2, 0) is 0 Å². The summed E-state index contributed by atoms with van der Waals surface area (Å²) in [4.78, 5) is 26.1. The van der Waals surface area contributed by atoms with Crippen molar-refractivity contribution in [2.45, 2.75) is 44.6 Å². The number of pyridine rings is 1. The second kappa shape index (κ2) is 5.57. The van der Waals surface area contributed by atoms with Crippen LogP contribution >= 0.6 is 0 Å². The number of hydrogen-bond donors (Lipinski definition) is 3. The molecule has 0 spiro atoms. The van der Waals surface area contributed by atoms with Crippen LogP contribution < -0.4 is 10.9 Å². The number of carbonyl (C=O) groups is 1. The van der Waals surface area contributed by atoms with Crippen molar-refractivity contribution in [3.05, 3.63) is 33.7 Å². The van der Waals surface area contributed by atoms with E-state index in [1.54, 1.807) is 13.0 Å². The third-order valence-electron chi connectivity index (χ3n) is 3.66. The number of aliphatic hydroxyl groups is 1. The maximum atomic E-state index is 11.9. The second-order valence-corrected chi connectivity index (χ2v) is 5.35. The molecule has 0 unspecified atom stereocenters. The summed E-state index contributed by atoms with van der Waals surface area (Å²) in [6, 6.07) is 3.19. The normalized spacial score (nSPS) is 18.0. The first-order valence-corrected chi connectivity index (χ1v) is 6.71. The lowest BCUT2D eigenvalue weighted by atomic mass is 9.85. The van der Waals surface area contributed by atoms with Crippen molar-refractivity contribution in [3.8, 4) is 0 Å². The van der Waals surface area contributed by atoms with Gasteiger partial charge in [0.25, 0.3) is 11.5 Å². The van der Waals surface area contributed by atoms with Crippen molar-refractivity contribution < 1.29 is 9.90 Å². The van der Waals surface area contributed by atoms with Gasteiger partial charge in [0.15, 0.2) is 0 Å². The van der Waals surface area contributed by atoms with Crippen LogP contribution in [0.25, 0.3) is 0 Å². The van der Waals surface area contributed by atoms with Crippen LogP contribution in [0.1, 0.15) is 48.2 Å². The molecule has 1 aromatic rings. The van der Waals surface area contributed by atoms with Crippen molar-refractivity contribution in [2.75, 3.05) is 6.54 Å². The summed E-state index contributed by atoms with van der Waals surface area (Å²) >= 11 is 0. The first-order chi connectivity index (χ1) is 9.00. The van der Waals surface area contributed by atoms with Crippen LogP contribution in [0, 0.1) is 6.92 Å². The molecule has 0 bridgehead atoms. The third kappa shape index (κ3) is 3.44. The van der Waals surface area contributed by atoms with Gasteiger partial charge in [-0.15, -0.1) is 0 Å². The lowest BCUT2D eigenvalue weighted by molar-refractivity contribution is 0.00524. The Balaban J connectivity index is 1.99. The van der Waals surface area contributed by atoms with Gasteiger partial charge in [0.05, 0.1) is 5.60 Å². The number of aromatic nitrogens is 1. The van der Waals surface area contributed by atoms with Gasteiger partial charge >= 0.3 is 0 Å². The number of hydrogen-bond acceptors (Lipinski definition) is 3. The molecule has 0 aliphatic heterocycles. The summed E-state index contributed by atoms with van der Waals surface area (Å²) in [5, 5.41) is 12.9. The van der Waals surface area contributed by atoms with Crippen molar-refractivity contribution in [1.29, 1.82) is 0 Å². The number of amides is 1. The van der Waals surface area contributed by atoms with Crippen LogP contribution in [0.4, 0.5) is 0 Å². The average Bonchev–Trinajstić information content (AvgIpc) is 2.37. The molecule has 0 radical (unpaired) electrons. The van der Waals surface area contributed by atoms with E-state index in [-0.39, 0.29) is 12.1 Å². The van der Waals surface area contributed by atoms with Crippen molar-refractivity contribution in [1.82, 2.24) is 10.3 Å². The molecule has 0 atom stereocenters. The fourth-order valence-corrected chi connectivity index (χ4v) is 2.48. The summed E-state index contributed by atoms with van der Waals surface area (Å²) < 4.78 is 0. The predicted molar refractivity (Wildman–Crippen MR) is 72.2 cm³/mol. The molecule has 0 saturated heterocycles. The fraction of sp³-hybridized carbons (Fsp3) is 0.571. The van der Waals surface area contributed by atoms with Gasteiger partial charge in [-0.3, -0.25) is 9.59 Å². The highest BCUT2D eigenvalue weighted by Crippen LogP contribution is 2.27. The van der Waals surface area contributed by atoms with Gasteiger partial charge < -0.3 is 15.4 Å². The summed E-state index contributed by atoms with van der Waals surface area (Å²) in [5.74, 6) is -0.430. The van der Waals surface area contributed by atoms with Gasteiger partial charge in [-0.05, 0) is 31.9 Å². The molecule has 1 amide bonds. The highest BCUT2D eigenvalue weighted by atomic mass is 16.3. The molecule has 0 aromatic carbocycles. The molecule has 1 aliphatic carbocycles. The highest BCUT2D eigenvalue weighted by molar-refractivity contribution is 5.93. The minimum atomic E-state index is -0.814. The topological polar surface area (TPSA) is 82.2 Å². The molecule has 1 aromatic heterocycles. The SMILES string of the molecule is Cc1ccc(C(=O)NCC2(O)CCCCC2)c(=O)[nH]1. The number of carbonyl (C=O) groups excluding carboxylic acids is 1. The molecular formula is C14H20N2O3. The summed E-state index contributed by atoms with van der Waals surface area (Å²) in [6.45, 7) is 1.97. The first-order valence-electron chi connectivity index (χ1n) is 6.71. The zero-order valence-corrected chi connectivity index (χ0v) is 11.2. The largest absolute Gasteiger partial charge is 0.388 e. The highest BCUT2D eigenvalue weighted by Gasteiger charge is 2.29. The maximum Gasteiger partial charge on any atom is 0.260 e. The van der Waals surface area contributed by atoms with E-state index < -0.39 is 17.1 Å². The first kappa shape index (κ1) is 13.8. The van der Waals surface area contributed by atoms with Crippen LogP contribution in [-0.4, -0.2) is 28.1 Å². The van der Waals surface area contributed by atoms with Crippen molar-refractivity contribution >= 4 is 5.91 Å². The standard InChI is InChI=1S/C14H20N2O3/c1-10-5-6-11(13(18)16-10)12(17)15-9-14(19)7-3-2-4-8-14/h5-6,19H,2-4,7-9H2,1H3,(H,15,17)(H,16,18). The molecular weight excluding hydrogens is 244 g/mol. The Hall–Kier alpha value is -1.62. The van der Waals surface area contributed by atoms with E-state index in [0.717, 1.165) is 19.3 Å². The minimum absolute atomic E-state index is 0.0880. The Morgan fingerprint density at radius 2 is 2.05 bits per heavy atom. The van der Waals surface area contributed by atoms with E-state index in [1.807, 2.05) is 0 Å². The molecule has 1 aliphatic rings. The molecule has 3 N–H and O–H groups in total. The smallest absolute Gasteiger partial charge is 0.260 e. The van der Waals surface area contributed by atoms with Crippen LogP contribution in [0.3, 0.4) is 0 Å². The Bertz CT molecular complexity index is 516. The van der Waals surface area contributed by atoms with Crippen LogP contribution in [0.15, 0.2) is 16.9 Å². The summed E-state index contributed by atoms with van der Waals surface area (Å²) in [5.41, 5.74) is -0.406. The van der Waals surface area contributed by atoms with Gasteiger partial charge in [-0.2, -0.15) is 0 Å². The number of rotatable bonds is 3. The maximum absolute atomic E-state index is 11.9. The predicted octanol–water partition coefficient (Wildman–Crippen LogP) is 1.11. The molecule has 104 valence electrons. The molecule has 1 saturated carbocycles. The van der Waals surface area contributed by atoms with Crippen molar-refractivity contribution in [3.63, 3.8) is 0 Å². The van der Waals surface area contributed by atoms with Gasteiger partial charge in [0.1, 0.15) is 5.56 Å². The second-order valence-electron chi connectivity index (χ2n) is 5.35. The third-order valence-corrected chi connectivity index (χ3v) is 3.66. The Kier molecular flexibility index (Phi) is 4.04. The Morgan fingerprint density at radius 1 is 1.37 bits per heavy atom. The zero-order chi connectivity index (χ0) is 13.9. The number of H-pyrrole nitrogens is 1. The van der Waals surface area contributed by atoms with E-state index >= 15 is 0 Å². The van der Waals surface area contributed by atoms with E-state index in [0.29, 0.717) is 18.5 Å². The molecule has 5 nitrogen and oxygen atoms in total. The molecule has 19 heavy (non-hydrogen) atoms. The van der Waals surface area contributed by atoms with E-state index in [1.165, 1.54) is 6.07 Å². The van der Waals surface area contributed by atoms with E-state index in [2.05, 4.69) is 10.3 Å². The van der Waals surface area contributed by atoms with Gasteiger partial charge in [-0.1, -0.05) is 19.3 Å². The van der Waals surface area contributed by atoms with Gasteiger partial charge in [-0.25, -0.2) is 0 Å². The van der Waals surface area contributed by atoms with Gasteiger partial charge in [0, 0.05) is 12.2 Å². The number of aromatic amines is 1. The monoisotopic (exact) mass is 264 g/mol. The number of nitrogens with one attached hydrogen (secondary N) is 2. The molecule has 5 heteroatoms. The molecule has 1 fully saturated rings. The Morgan fingerprint density at radius 3 is 2.68 bits per heavy atom.